The lowest BCUT2D eigenvalue weighted by Crippen LogP contribution is -2.42. The Bertz CT molecular complexity index is 749. The van der Waals surface area contributed by atoms with Crippen LogP contribution in [-0.4, -0.2) is 34.7 Å². The van der Waals surface area contributed by atoms with Gasteiger partial charge in [-0.05, 0) is 25.7 Å². The van der Waals surface area contributed by atoms with Crippen molar-refractivity contribution in [2.24, 2.45) is 5.92 Å². The first-order valence-corrected chi connectivity index (χ1v) is 8.56. The summed E-state index contributed by atoms with van der Waals surface area (Å²) < 4.78 is 5.42. The van der Waals surface area contributed by atoms with Crippen LogP contribution in [0, 0.1) is 5.92 Å². The Morgan fingerprint density at radius 2 is 1.92 bits per heavy atom. The quantitative estimate of drug-likeness (QED) is 0.810. The lowest BCUT2D eigenvalue weighted by atomic mass is 9.90. The molecule has 2 aromatic rings. The number of aromatic nitrogens is 1. The zero-order chi connectivity index (χ0) is 16.5. The zero-order valence-corrected chi connectivity index (χ0v) is 13.5. The van der Waals surface area contributed by atoms with Crippen molar-refractivity contribution in [3.05, 3.63) is 53.7 Å². The first-order chi connectivity index (χ1) is 11.7. The van der Waals surface area contributed by atoms with Crippen molar-refractivity contribution in [3.8, 4) is 0 Å². The van der Waals surface area contributed by atoms with E-state index in [1.807, 2.05) is 30.3 Å². The average Bonchev–Trinajstić information content (AvgIpc) is 3.38. The molecular weight excluding hydrogens is 304 g/mol. The highest BCUT2D eigenvalue weighted by Crippen LogP contribution is 2.41. The smallest absolute Gasteiger partial charge is 0.276 e. The van der Waals surface area contributed by atoms with Crippen molar-refractivity contribution < 1.29 is 14.0 Å². The molecule has 0 N–H and O–H groups in total. The molecule has 24 heavy (non-hydrogen) atoms. The number of nitrogens with zero attached hydrogens (tertiary/aromatic N) is 2. The third kappa shape index (κ3) is 2.86. The van der Waals surface area contributed by atoms with Crippen molar-refractivity contribution in [1.29, 1.82) is 0 Å². The molecule has 5 nitrogen and oxygen atoms in total. The first kappa shape index (κ1) is 15.1. The molecule has 1 atom stereocenters. The van der Waals surface area contributed by atoms with Gasteiger partial charge in [0.1, 0.15) is 5.76 Å². The van der Waals surface area contributed by atoms with E-state index in [2.05, 4.69) is 4.98 Å². The van der Waals surface area contributed by atoms with Crippen LogP contribution in [0.3, 0.4) is 0 Å². The number of oxazole rings is 1. The van der Waals surface area contributed by atoms with Crippen molar-refractivity contribution >= 4 is 11.7 Å². The van der Waals surface area contributed by atoms with Crippen molar-refractivity contribution in [2.45, 2.75) is 31.6 Å². The molecule has 0 radical (unpaired) electrons. The van der Waals surface area contributed by atoms with Crippen molar-refractivity contribution in [3.63, 3.8) is 0 Å². The lowest BCUT2D eigenvalue weighted by molar-refractivity contribution is 0.0631. The van der Waals surface area contributed by atoms with Gasteiger partial charge in [-0.25, -0.2) is 4.98 Å². The number of amides is 1. The number of benzene rings is 1. The van der Waals surface area contributed by atoms with Crippen LogP contribution in [0.2, 0.25) is 0 Å². The van der Waals surface area contributed by atoms with Crippen LogP contribution in [0.4, 0.5) is 0 Å². The minimum atomic E-state index is -0.138. The number of rotatable bonds is 4. The Labute approximate surface area is 140 Å². The summed E-state index contributed by atoms with van der Waals surface area (Å²) in [5.74, 6) is 0.947. The second-order valence-electron chi connectivity index (χ2n) is 6.66. The van der Waals surface area contributed by atoms with Gasteiger partial charge in [-0.3, -0.25) is 9.59 Å². The van der Waals surface area contributed by atoms with E-state index >= 15 is 0 Å². The number of ketones is 1. The first-order valence-electron chi connectivity index (χ1n) is 8.56. The Hall–Kier alpha value is -2.43. The predicted octanol–water partition coefficient (Wildman–Crippen LogP) is 3.29. The average molecular weight is 324 g/mol. The Kier molecular flexibility index (Phi) is 3.92. The molecule has 4 rings (SSSR count). The zero-order valence-electron chi connectivity index (χ0n) is 13.5. The van der Waals surface area contributed by atoms with Crippen LogP contribution >= 0.6 is 0 Å². The molecule has 1 aromatic heterocycles. The molecule has 1 saturated carbocycles. The minimum Gasteiger partial charge on any atom is -0.447 e. The Morgan fingerprint density at radius 3 is 2.67 bits per heavy atom. The molecule has 1 aromatic carbocycles. The van der Waals surface area contributed by atoms with Crippen LogP contribution in [-0.2, 0) is 0 Å². The van der Waals surface area contributed by atoms with Gasteiger partial charge in [0.15, 0.2) is 17.9 Å². The molecule has 1 aliphatic carbocycles. The molecule has 1 aliphatic heterocycles. The Balaban J connectivity index is 1.49. The Morgan fingerprint density at radius 1 is 1.12 bits per heavy atom. The van der Waals surface area contributed by atoms with Crippen molar-refractivity contribution in [2.75, 3.05) is 13.1 Å². The number of hydrogen-bond donors (Lipinski definition) is 0. The molecular formula is C19H20N2O3. The van der Waals surface area contributed by atoms with Crippen LogP contribution in [0.1, 0.15) is 58.2 Å². The maximum Gasteiger partial charge on any atom is 0.276 e. The predicted molar refractivity (Wildman–Crippen MR) is 87.9 cm³/mol. The highest BCUT2D eigenvalue weighted by atomic mass is 16.3. The number of likely N-dealkylation sites (tertiary alicyclic amines) is 1. The third-order valence-electron chi connectivity index (χ3n) is 4.88. The molecule has 0 unspecified atom stereocenters. The molecule has 2 fully saturated rings. The van der Waals surface area contributed by atoms with Gasteiger partial charge in [0, 0.05) is 30.5 Å². The van der Waals surface area contributed by atoms with E-state index in [9.17, 15) is 9.59 Å². The van der Waals surface area contributed by atoms with E-state index in [1.54, 1.807) is 4.90 Å². The molecule has 1 amide bonds. The van der Waals surface area contributed by atoms with Gasteiger partial charge in [0.05, 0.1) is 0 Å². The topological polar surface area (TPSA) is 63.4 Å². The summed E-state index contributed by atoms with van der Waals surface area (Å²) in [6.45, 7) is 1.14. The van der Waals surface area contributed by atoms with E-state index in [0.29, 0.717) is 24.7 Å². The summed E-state index contributed by atoms with van der Waals surface area (Å²) in [6, 6.07) is 9.32. The summed E-state index contributed by atoms with van der Waals surface area (Å²) in [7, 11) is 0. The molecule has 0 spiro atoms. The van der Waals surface area contributed by atoms with Crippen LogP contribution < -0.4 is 0 Å². The summed E-state index contributed by atoms with van der Waals surface area (Å²) in [4.78, 5) is 31.4. The highest BCUT2D eigenvalue weighted by Gasteiger charge is 2.36. The summed E-state index contributed by atoms with van der Waals surface area (Å²) in [6.07, 6.45) is 5.14. The number of hydrogen-bond acceptors (Lipinski definition) is 4. The molecule has 5 heteroatoms. The standard InChI is InChI=1S/C19H20N2O3/c22-17(13-5-2-1-3-6-13)15-7-4-10-21(11-15)19(23)16-18(14-8-9-14)24-12-20-16/h1-3,5-6,12,14-15H,4,7-11H2/t15-/m0/s1. The fourth-order valence-electron chi connectivity index (χ4n) is 3.41. The number of piperidine rings is 1. The lowest BCUT2D eigenvalue weighted by Gasteiger charge is -2.31. The van der Waals surface area contributed by atoms with E-state index < -0.39 is 0 Å². The minimum absolute atomic E-state index is 0.101. The van der Waals surface area contributed by atoms with Crippen LogP contribution in [0.5, 0.6) is 0 Å². The van der Waals surface area contributed by atoms with Crippen molar-refractivity contribution in [1.82, 2.24) is 9.88 Å². The summed E-state index contributed by atoms with van der Waals surface area (Å²) >= 11 is 0. The van der Waals surface area contributed by atoms with Gasteiger partial charge in [0.2, 0.25) is 0 Å². The maximum absolute atomic E-state index is 12.8. The monoisotopic (exact) mass is 324 g/mol. The SMILES string of the molecule is O=C(c1ccccc1)[C@H]1CCCN(C(=O)c2ncoc2C2CC2)C1. The molecule has 0 bridgehead atoms. The van der Waals surface area contributed by atoms with Gasteiger partial charge in [-0.1, -0.05) is 30.3 Å². The largest absolute Gasteiger partial charge is 0.447 e. The summed E-state index contributed by atoms with van der Waals surface area (Å²) in [5, 5.41) is 0. The number of carbonyl (C=O) groups is 2. The van der Waals surface area contributed by atoms with E-state index in [-0.39, 0.29) is 17.6 Å². The van der Waals surface area contributed by atoms with Crippen LogP contribution in [0.25, 0.3) is 0 Å². The molecule has 1 saturated heterocycles. The second-order valence-corrected chi connectivity index (χ2v) is 6.66. The van der Waals surface area contributed by atoms with E-state index in [0.717, 1.165) is 37.0 Å². The van der Waals surface area contributed by atoms with Gasteiger partial charge < -0.3 is 9.32 Å². The molecule has 2 aliphatic rings. The number of carbonyl (C=O) groups excluding carboxylic acids is 2. The van der Waals surface area contributed by atoms with Gasteiger partial charge in [0.25, 0.3) is 5.91 Å². The highest BCUT2D eigenvalue weighted by molar-refractivity contribution is 5.99. The fourth-order valence-corrected chi connectivity index (χ4v) is 3.41. The third-order valence-corrected chi connectivity index (χ3v) is 4.88. The van der Waals surface area contributed by atoms with E-state index in [4.69, 9.17) is 4.42 Å². The van der Waals surface area contributed by atoms with Gasteiger partial charge >= 0.3 is 0 Å². The van der Waals surface area contributed by atoms with Crippen LogP contribution in [0.15, 0.2) is 41.1 Å². The maximum atomic E-state index is 12.8. The van der Waals surface area contributed by atoms with E-state index in [1.165, 1.54) is 6.39 Å². The summed E-state index contributed by atoms with van der Waals surface area (Å²) in [5.41, 5.74) is 1.15. The second kappa shape index (κ2) is 6.23. The molecule has 124 valence electrons. The van der Waals surface area contributed by atoms with Gasteiger partial charge in [-0.15, -0.1) is 0 Å². The molecule has 2 heterocycles. The fraction of sp³-hybridized carbons (Fsp3) is 0.421. The normalized spacial score (nSPS) is 20.8. The van der Waals surface area contributed by atoms with Gasteiger partial charge in [-0.2, -0.15) is 0 Å². The number of Topliss-reactive ketones (excluding diaryl/α,β-unsaturated/α-hetero) is 1.